The predicted octanol–water partition coefficient (Wildman–Crippen LogP) is 3.97. The number of anilines is 2. The molecule has 1 unspecified atom stereocenters. The predicted molar refractivity (Wildman–Crippen MR) is 79.0 cm³/mol. The minimum Gasteiger partial charge on any atom is -0.365 e. The summed E-state index contributed by atoms with van der Waals surface area (Å²) in [6.07, 6.45) is 4.20. The van der Waals surface area contributed by atoms with Crippen LogP contribution in [0.15, 0.2) is 36.5 Å². The van der Waals surface area contributed by atoms with Gasteiger partial charge in [0.1, 0.15) is 17.2 Å². The normalized spacial score (nSPS) is 23.1. The van der Waals surface area contributed by atoms with Crippen molar-refractivity contribution in [2.45, 2.75) is 25.4 Å². The molecule has 0 bridgehead atoms. The van der Waals surface area contributed by atoms with E-state index in [2.05, 4.69) is 10.3 Å². The average molecular weight is 284 g/mol. The second-order valence-corrected chi connectivity index (χ2v) is 6.00. The van der Waals surface area contributed by atoms with Crippen molar-refractivity contribution in [3.8, 4) is 0 Å². The SMILES string of the molecule is CC1(OCC2CC2)c2cc(F)ccc2Nc2ncccc21. The molecule has 4 heteroatoms. The van der Waals surface area contributed by atoms with E-state index in [-0.39, 0.29) is 5.82 Å². The molecular formula is C17H17FN2O. The summed E-state index contributed by atoms with van der Waals surface area (Å²) < 4.78 is 20.0. The van der Waals surface area contributed by atoms with E-state index in [9.17, 15) is 4.39 Å². The Bertz CT molecular complexity index is 699. The van der Waals surface area contributed by atoms with Gasteiger partial charge in [0.2, 0.25) is 0 Å². The Labute approximate surface area is 123 Å². The van der Waals surface area contributed by atoms with Crippen molar-refractivity contribution < 1.29 is 9.13 Å². The van der Waals surface area contributed by atoms with E-state index in [0.29, 0.717) is 12.5 Å². The topological polar surface area (TPSA) is 34.1 Å². The fourth-order valence-electron chi connectivity index (χ4n) is 2.91. The molecular weight excluding hydrogens is 267 g/mol. The zero-order chi connectivity index (χ0) is 14.4. The lowest BCUT2D eigenvalue weighted by molar-refractivity contribution is -0.0104. The number of rotatable bonds is 3. The smallest absolute Gasteiger partial charge is 0.136 e. The molecule has 1 N–H and O–H groups in total. The number of ether oxygens (including phenoxy) is 1. The van der Waals surface area contributed by atoms with E-state index in [1.807, 2.05) is 19.1 Å². The molecule has 1 aromatic heterocycles. The molecule has 2 heterocycles. The molecule has 4 rings (SSSR count). The lowest BCUT2D eigenvalue weighted by Crippen LogP contribution is -2.33. The summed E-state index contributed by atoms with van der Waals surface area (Å²) >= 11 is 0. The molecule has 0 radical (unpaired) electrons. The Kier molecular flexibility index (Phi) is 2.76. The van der Waals surface area contributed by atoms with E-state index in [1.54, 1.807) is 18.3 Å². The van der Waals surface area contributed by atoms with Gasteiger partial charge in [-0.05, 0) is 49.9 Å². The first-order valence-electron chi connectivity index (χ1n) is 7.33. The van der Waals surface area contributed by atoms with Crippen LogP contribution >= 0.6 is 0 Å². The van der Waals surface area contributed by atoms with E-state index in [1.165, 1.54) is 18.9 Å². The van der Waals surface area contributed by atoms with Gasteiger partial charge in [-0.15, -0.1) is 0 Å². The first-order valence-corrected chi connectivity index (χ1v) is 7.33. The van der Waals surface area contributed by atoms with Crippen LogP contribution in [0.3, 0.4) is 0 Å². The van der Waals surface area contributed by atoms with Crippen molar-refractivity contribution in [2.24, 2.45) is 5.92 Å². The minimum absolute atomic E-state index is 0.246. The van der Waals surface area contributed by atoms with Gasteiger partial charge in [0.15, 0.2) is 0 Å². The fraction of sp³-hybridized carbons (Fsp3) is 0.353. The van der Waals surface area contributed by atoms with Crippen LogP contribution in [0.2, 0.25) is 0 Å². The Morgan fingerprint density at radius 2 is 2.19 bits per heavy atom. The minimum atomic E-state index is -0.658. The number of aromatic nitrogens is 1. The van der Waals surface area contributed by atoms with Crippen molar-refractivity contribution in [1.29, 1.82) is 0 Å². The first-order chi connectivity index (χ1) is 10.2. The molecule has 0 saturated heterocycles. The van der Waals surface area contributed by atoms with Gasteiger partial charge in [0.25, 0.3) is 0 Å². The quantitative estimate of drug-likeness (QED) is 0.926. The summed E-state index contributed by atoms with van der Waals surface area (Å²) in [5.41, 5.74) is 2.00. The summed E-state index contributed by atoms with van der Waals surface area (Å²) in [6.45, 7) is 2.72. The van der Waals surface area contributed by atoms with Crippen LogP contribution in [0.25, 0.3) is 0 Å². The van der Waals surface area contributed by atoms with E-state index in [4.69, 9.17) is 4.74 Å². The van der Waals surface area contributed by atoms with Gasteiger partial charge in [0, 0.05) is 23.0 Å². The van der Waals surface area contributed by atoms with Gasteiger partial charge >= 0.3 is 0 Å². The highest BCUT2D eigenvalue weighted by Crippen LogP contribution is 2.46. The van der Waals surface area contributed by atoms with Crippen LogP contribution in [-0.4, -0.2) is 11.6 Å². The maximum absolute atomic E-state index is 13.7. The van der Waals surface area contributed by atoms with Crippen LogP contribution in [0.1, 0.15) is 30.9 Å². The van der Waals surface area contributed by atoms with Gasteiger partial charge in [-0.3, -0.25) is 0 Å². The molecule has 1 aliphatic carbocycles. The van der Waals surface area contributed by atoms with Gasteiger partial charge < -0.3 is 10.1 Å². The number of hydrogen-bond donors (Lipinski definition) is 1. The van der Waals surface area contributed by atoms with Crippen LogP contribution in [-0.2, 0) is 10.3 Å². The molecule has 1 aromatic carbocycles. The van der Waals surface area contributed by atoms with E-state index >= 15 is 0 Å². The summed E-state index contributed by atoms with van der Waals surface area (Å²) in [5, 5.41) is 3.27. The molecule has 2 aliphatic rings. The second-order valence-electron chi connectivity index (χ2n) is 6.00. The first kappa shape index (κ1) is 12.8. The molecule has 0 amide bonds. The van der Waals surface area contributed by atoms with Crippen molar-refractivity contribution in [3.05, 3.63) is 53.5 Å². The summed E-state index contributed by atoms with van der Waals surface area (Å²) in [7, 11) is 0. The molecule has 108 valence electrons. The van der Waals surface area contributed by atoms with Crippen molar-refractivity contribution in [3.63, 3.8) is 0 Å². The standard InChI is InChI=1S/C17H17FN2O/c1-17(21-10-11-4-5-11)13-3-2-8-19-16(13)20-15-7-6-12(18)9-14(15)17/h2-3,6-9,11H,4-5,10H2,1H3,(H,19,20). The van der Waals surface area contributed by atoms with Gasteiger partial charge in [-0.2, -0.15) is 0 Å². The average Bonchev–Trinajstić information content (AvgIpc) is 3.31. The number of benzene rings is 1. The third-order valence-corrected chi connectivity index (χ3v) is 4.37. The summed E-state index contributed by atoms with van der Waals surface area (Å²) in [6, 6.07) is 8.66. The largest absolute Gasteiger partial charge is 0.365 e. The lowest BCUT2D eigenvalue weighted by atomic mass is 9.84. The van der Waals surface area contributed by atoms with E-state index < -0.39 is 5.60 Å². The third kappa shape index (κ3) is 2.10. The number of pyridine rings is 1. The van der Waals surface area contributed by atoms with Crippen molar-refractivity contribution in [1.82, 2.24) is 4.98 Å². The molecule has 1 atom stereocenters. The zero-order valence-corrected chi connectivity index (χ0v) is 11.9. The molecule has 1 saturated carbocycles. The molecule has 1 fully saturated rings. The molecule has 3 nitrogen and oxygen atoms in total. The van der Waals surface area contributed by atoms with E-state index in [0.717, 1.165) is 22.6 Å². The lowest BCUT2D eigenvalue weighted by Gasteiger charge is -2.37. The van der Waals surface area contributed by atoms with Crippen LogP contribution in [0, 0.1) is 11.7 Å². The number of fused-ring (bicyclic) bond motifs is 2. The zero-order valence-electron chi connectivity index (χ0n) is 11.9. The Hall–Kier alpha value is -1.94. The van der Waals surface area contributed by atoms with Crippen molar-refractivity contribution in [2.75, 3.05) is 11.9 Å². The highest BCUT2D eigenvalue weighted by molar-refractivity contribution is 5.72. The number of halogens is 1. The highest BCUT2D eigenvalue weighted by atomic mass is 19.1. The molecule has 21 heavy (non-hydrogen) atoms. The van der Waals surface area contributed by atoms with Crippen molar-refractivity contribution >= 4 is 11.5 Å². The molecule has 0 spiro atoms. The highest BCUT2D eigenvalue weighted by Gasteiger charge is 2.40. The molecule has 2 aromatic rings. The monoisotopic (exact) mass is 284 g/mol. The Morgan fingerprint density at radius 3 is 3.00 bits per heavy atom. The van der Waals surface area contributed by atoms with Crippen LogP contribution in [0.5, 0.6) is 0 Å². The number of nitrogens with one attached hydrogen (secondary N) is 1. The van der Waals surface area contributed by atoms with Crippen LogP contribution in [0.4, 0.5) is 15.9 Å². The summed E-state index contributed by atoms with van der Waals surface area (Å²) in [4.78, 5) is 4.39. The Balaban J connectivity index is 1.84. The number of nitrogens with zero attached hydrogens (tertiary/aromatic N) is 1. The third-order valence-electron chi connectivity index (χ3n) is 4.37. The molecule has 1 aliphatic heterocycles. The van der Waals surface area contributed by atoms with Gasteiger partial charge in [-0.25, -0.2) is 9.37 Å². The fourth-order valence-corrected chi connectivity index (χ4v) is 2.91. The second kappa shape index (κ2) is 4.53. The van der Waals surface area contributed by atoms with Crippen LogP contribution < -0.4 is 5.32 Å². The summed E-state index contributed by atoms with van der Waals surface area (Å²) in [5.74, 6) is 1.19. The maximum atomic E-state index is 13.7. The number of hydrogen-bond acceptors (Lipinski definition) is 3. The maximum Gasteiger partial charge on any atom is 0.136 e. The Morgan fingerprint density at radius 1 is 1.33 bits per heavy atom. The van der Waals surface area contributed by atoms with Gasteiger partial charge in [-0.1, -0.05) is 6.07 Å². The van der Waals surface area contributed by atoms with Gasteiger partial charge in [0.05, 0.1) is 6.61 Å².